The summed E-state index contributed by atoms with van der Waals surface area (Å²) >= 11 is 3.36. The molecule has 0 spiro atoms. The fraction of sp³-hybridized carbons (Fsp3) is 0.548. The van der Waals surface area contributed by atoms with E-state index in [9.17, 15) is 5.11 Å². The molecule has 40 heavy (non-hydrogen) atoms. The quantitative estimate of drug-likeness (QED) is 0.250. The van der Waals surface area contributed by atoms with Crippen LogP contribution in [0.3, 0.4) is 0 Å². The second-order valence-electron chi connectivity index (χ2n) is 12.3. The van der Waals surface area contributed by atoms with Crippen LogP contribution < -0.4 is 15.4 Å². The van der Waals surface area contributed by atoms with Gasteiger partial charge in [-0.25, -0.2) is 4.57 Å². The number of hydrogen-bond donors (Lipinski definition) is 1. The molecule has 0 radical (unpaired) electrons. The highest BCUT2D eigenvalue weighted by Crippen LogP contribution is 2.62. The molecule has 214 valence electrons. The molecule has 0 unspecified atom stereocenters. The molecule has 4 atom stereocenters. The molecule has 0 amide bonds. The van der Waals surface area contributed by atoms with Gasteiger partial charge in [0.2, 0.25) is 5.52 Å². The van der Waals surface area contributed by atoms with Crippen LogP contribution in [0.1, 0.15) is 66.2 Å². The van der Waals surface area contributed by atoms with E-state index in [2.05, 4.69) is 75.3 Å². The maximum Gasteiger partial charge on any atom is 0.307 e. The Kier molecular flexibility index (Phi) is 7.97. The van der Waals surface area contributed by atoms with Crippen LogP contribution in [0.15, 0.2) is 63.1 Å². The summed E-state index contributed by atoms with van der Waals surface area (Å²) in [4.78, 5) is 12.7. The van der Waals surface area contributed by atoms with Crippen LogP contribution in [0.5, 0.6) is 0 Å². The Morgan fingerprint density at radius 1 is 1.32 bits per heavy atom. The van der Waals surface area contributed by atoms with Crippen LogP contribution in [0.25, 0.3) is 11.2 Å². The van der Waals surface area contributed by atoms with E-state index < -0.39 is 0 Å². The van der Waals surface area contributed by atoms with Gasteiger partial charge < -0.3 is 15.6 Å². The number of hydrogen-bond acceptors (Lipinski definition) is 6. The lowest BCUT2D eigenvalue weighted by atomic mass is 9.47. The summed E-state index contributed by atoms with van der Waals surface area (Å²) in [5.41, 5.74) is 11.1. The van der Waals surface area contributed by atoms with Crippen molar-refractivity contribution in [2.24, 2.45) is 34.7 Å². The maximum absolute atomic E-state index is 12.6. The smallest absolute Gasteiger partial charge is 0.307 e. The van der Waals surface area contributed by atoms with Crippen molar-refractivity contribution in [3.63, 3.8) is 0 Å². The fourth-order valence-electron chi connectivity index (χ4n) is 7.29. The highest BCUT2D eigenvalue weighted by Gasteiger charge is 2.53. The second-order valence-corrected chi connectivity index (χ2v) is 13.2. The molecule has 9 heteroatoms. The average Bonchev–Trinajstić information content (AvgIpc) is 3.51. The maximum atomic E-state index is 12.6. The van der Waals surface area contributed by atoms with Crippen LogP contribution >= 0.6 is 15.9 Å². The van der Waals surface area contributed by atoms with Crippen molar-refractivity contribution in [2.45, 2.75) is 72.8 Å². The Balaban J connectivity index is 1.28. The molecule has 1 saturated carbocycles. The van der Waals surface area contributed by atoms with Gasteiger partial charge in [0.1, 0.15) is 0 Å². The first-order valence-corrected chi connectivity index (χ1v) is 15.1. The van der Waals surface area contributed by atoms with Gasteiger partial charge in [0, 0.05) is 17.3 Å². The summed E-state index contributed by atoms with van der Waals surface area (Å²) in [5, 5.41) is 12.6. The normalized spacial score (nSPS) is 29.8. The van der Waals surface area contributed by atoms with Crippen molar-refractivity contribution < 1.29 is 14.4 Å². The highest BCUT2D eigenvalue weighted by atomic mass is 79.9. The first kappa shape index (κ1) is 28.6. The van der Waals surface area contributed by atoms with E-state index >= 15 is 0 Å². The lowest BCUT2D eigenvalue weighted by Gasteiger charge is -2.58. The van der Waals surface area contributed by atoms with Gasteiger partial charge in [-0.3, -0.25) is 9.56 Å². The molecule has 2 aromatic heterocycles. The number of ether oxygens (including phenoxy) is 1. The summed E-state index contributed by atoms with van der Waals surface area (Å²) in [5.74, 6) is 1.33. The molecule has 2 aliphatic carbocycles. The minimum Gasteiger partial charge on any atom is -0.607 e. The molecule has 1 fully saturated rings. The first-order valence-electron chi connectivity index (χ1n) is 14.3. The number of aryl methyl sites for hydroxylation is 1. The fourth-order valence-corrected chi connectivity index (χ4v) is 7.61. The number of halogens is 1. The minimum absolute atomic E-state index is 0.0355. The number of fused-ring (bicyclic) bond motifs is 2. The average molecular weight is 610 g/mol. The zero-order chi connectivity index (χ0) is 28.7. The molecule has 5 rings (SSSR count). The number of aromatic nitrogens is 4. The number of anilines is 1. The predicted molar refractivity (Wildman–Crippen MR) is 160 cm³/mol. The molecule has 8 nitrogen and oxygen atoms in total. The molecule has 1 aliphatic heterocycles. The SMILES string of the molecule is C/C(=C\Cn1c[n+](C)c2ncnc(N)c21)CC[C@]1(C)[C@H](C)CC[C@@]2(C)C(CO/C([O-])=C3\C=C(Br)C=N3)=CCC[C@@H]12. The Labute approximate surface area is 245 Å². The highest BCUT2D eigenvalue weighted by molar-refractivity contribution is 9.12. The van der Waals surface area contributed by atoms with Gasteiger partial charge in [0.05, 0.1) is 25.2 Å². The van der Waals surface area contributed by atoms with Gasteiger partial charge >= 0.3 is 5.65 Å². The van der Waals surface area contributed by atoms with Crippen molar-refractivity contribution in [1.82, 2.24) is 14.5 Å². The number of rotatable bonds is 8. The molecule has 2 aromatic rings. The second kappa shape index (κ2) is 11.1. The summed E-state index contributed by atoms with van der Waals surface area (Å²) in [6.45, 7) is 10.7. The number of nitrogen functional groups attached to an aromatic ring is 1. The number of aliphatic imine (C=N–C) groups is 1. The standard InChI is InChI=1S/C31H41BrN6O2/c1-20(11-14-38-19-37(5)28-26(38)27(33)35-18-36-28)9-12-30(3)21(2)10-13-31(4)22(7-6-8-25(30)31)17-40-29(39)24-15-23(32)16-34-24/h7,11,15-16,18-19,21,25H,6,8-10,12-14,17H2,1-5H3,(H2-,33,34,35,36,39)/b20-11+/t21-,25+,30-,31+/m1/s1. The van der Waals surface area contributed by atoms with Gasteiger partial charge in [0.25, 0.3) is 0 Å². The summed E-state index contributed by atoms with van der Waals surface area (Å²) in [7, 11) is 1.98. The van der Waals surface area contributed by atoms with Gasteiger partial charge in [-0.15, -0.1) is 0 Å². The Morgan fingerprint density at radius 3 is 2.88 bits per heavy atom. The van der Waals surface area contributed by atoms with Crippen LogP contribution in [-0.2, 0) is 18.3 Å². The third-order valence-corrected chi connectivity index (χ3v) is 10.4. The van der Waals surface area contributed by atoms with Crippen LogP contribution in [-0.4, -0.2) is 27.4 Å². The van der Waals surface area contributed by atoms with E-state index in [-0.39, 0.29) is 16.8 Å². The number of allylic oxidation sites excluding steroid dienone is 5. The minimum atomic E-state index is -0.359. The van der Waals surface area contributed by atoms with Crippen molar-refractivity contribution in [3.8, 4) is 0 Å². The van der Waals surface area contributed by atoms with E-state index in [1.807, 2.05) is 17.9 Å². The lowest BCUT2D eigenvalue weighted by molar-refractivity contribution is -0.647. The summed E-state index contributed by atoms with van der Waals surface area (Å²) in [6, 6.07) is 0. The zero-order valence-corrected chi connectivity index (χ0v) is 25.9. The van der Waals surface area contributed by atoms with E-state index in [0.29, 0.717) is 30.0 Å². The van der Waals surface area contributed by atoms with E-state index in [4.69, 9.17) is 10.5 Å². The van der Waals surface area contributed by atoms with E-state index in [1.165, 1.54) is 30.3 Å². The van der Waals surface area contributed by atoms with Crippen molar-refractivity contribution >= 4 is 39.1 Å². The largest absolute Gasteiger partial charge is 0.607 e. The Hall–Kier alpha value is -2.94. The molecule has 0 saturated heterocycles. The van der Waals surface area contributed by atoms with Gasteiger partial charge in [-0.1, -0.05) is 49.1 Å². The van der Waals surface area contributed by atoms with Crippen molar-refractivity contribution in [1.29, 1.82) is 0 Å². The Morgan fingerprint density at radius 2 is 2.12 bits per heavy atom. The molecule has 2 N–H and O–H groups in total. The van der Waals surface area contributed by atoms with E-state index in [1.54, 1.807) is 12.3 Å². The molecule has 0 aromatic carbocycles. The van der Waals surface area contributed by atoms with Crippen molar-refractivity contribution in [3.05, 3.63) is 58.2 Å². The number of nitrogens with two attached hydrogens (primary N) is 1. The molecule has 3 heterocycles. The lowest BCUT2D eigenvalue weighted by Crippen LogP contribution is -2.50. The molecule has 3 aliphatic rings. The third kappa shape index (κ3) is 5.24. The van der Waals surface area contributed by atoms with Gasteiger partial charge in [0.15, 0.2) is 18.5 Å². The van der Waals surface area contributed by atoms with Crippen LogP contribution in [0.4, 0.5) is 5.82 Å². The topological polar surface area (TPSA) is 105 Å². The monoisotopic (exact) mass is 608 g/mol. The third-order valence-electron chi connectivity index (χ3n) is 10.00. The Bertz CT molecular complexity index is 1450. The zero-order valence-electron chi connectivity index (χ0n) is 24.3. The molecular formula is C31H41BrN6O2. The molecular weight excluding hydrogens is 568 g/mol. The summed E-state index contributed by atoms with van der Waals surface area (Å²) in [6.07, 6.45) is 18.2. The number of imidazole rings is 1. The van der Waals surface area contributed by atoms with Gasteiger partial charge in [-0.05, 0) is 90.1 Å². The summed E-state index contributed by atoms with van der Waals surface area (Å²) < 4.78 is 10.7. The van der Waals surface area contributed by atoms with Crippen LogP contribution in [0.2, 0.25) is 0 Å². The van der Waals surface area contributed by atoms with E-state index in [0.717, 1.165) is 47.9 Å². The van der Waals surface area contributed by atoms with Crippen molar-refractivity contribution in [2.75, 3.05) is 12.3 Å². The molecule has 0 bridgehead atoms. The van der Waals surface area contributed by atoms with Crippen LogP contribution in [0, 0.1) is 22.7 Å². The number of nitrogens with zero attached hydrogens (tertiary/aromatic N) is 5. The predicted octanol–water partition coefficient (Wildman–Crippen LogP) is 5.25. The first-order chi connectivity index (χ1) is 19.0. The van der Waals surface area contributed by atoms with Gasteiger partial charge in [-0.2, -0.15) is 4.98 Å².